The number of hydrogen-bond acceptors (Lipinski definition) is 13. The van der Waals surface area contributed by atoms with Crippen molar-refractivity contribution in [3.05, 3.63) is 40.0 Å². The molecule has 0 bridgehead atoms. The van der Waals surface area contributed by atoms with Crippen LogP contribution >= 0.6 is 0 Å². The van der Waals surface area contributed by atoms with E-state index in [2.05, 4.69) is 13.8 Å². The minimum atomic E-state index is -1.65. The number of aliphatic hydroxyl groups is 4. The molecule has 6 rings (SSSR count). The molecule has 1 saturated heterocycles. The van der Waals surface area contributed by atoms with Gasteiger partial charge in [0.15, 0.2) is 23.9 Å². The number of aromatic hydroxyl groups is 1. The molecule has 264 valence electrons. The van der Waals surface area contributed by atoms with E-state index in [1.54, 1.807) is 6.92 Å². The summed E-state index contributed by atoms with van der Waals surface area (Å²) in [7, 11) is 2.63. The van der Waals surface area contributed by atoms with Gasteiger partial charge in [-0.1, -0.05) is 25.8 Å². The molecule has 48 heavy (non-hydrogen) atoms. The van der Waals surface area contributed by atoms with Gasteiger partial charge in [-0.3, -0.25) is 0 Å². The topological polar surface area (TPSA) is 191 Å². The fraction of sp³-hybridized carbons (Fsp3) is 0.657. The van der Waals surface area contributed by atoms with E-state index in [0.717, 1.165) is 36.8 Å². The van der Waals surface area contributed by atoms with Crippen LogP contribution in [0.15, 0.2) is 34.4 Å². The Morgan fingerprint density at radius 1 is 1.06 bits per heavy atom. The average molecular weight is 675 g/mol. The standard InChI is InChI=1S/C35H46O13/c1-16-25-20(46-31(16)41)13-19-18(26(25)37)7-8-24-34(2,9-6-10-35(19,24)3)15-45-33-30(29(40)28(39)23(14-36)47-33)48-32(42)17-11-21(43-4)27(38)22(12-17)44-5/h11-12,20,23-24,26,28-30,33,36-40H,6-10,13-15H2,1-5H3/t20-,23+,24-,26-,28+,29+,30+,33-,34+,35+/m0/s1. The summed E-state index contributed by atoms with van der Waals surface area (Å²) in [4.78, 5) is 25.7. The number of aliphatic hydroxyl groups excluding tert-OH is 4. The lowest BCUT2D eigenvalue weighted by molar-refractivity contribution is -0.307. The lowest BCUT2D eigenvalue weighted by Crippen LogP contribution is -2.61. The smallest absolute Gasteiger partial charge is 0.338 e. The summed E-state index contributed by atoms with van der Waals surface area (Å²) in [6.07, 6.45) is -3.93. The number of ether oxygens (including phenoxy) is 6. The molecule has 3 aliphatic carbocycles. The third kappa shape index (κ3) is 5.58. The highest BCUT2D eigenvalue weighted by molar-refractivity contribution is 5.92. The maximum atomic E-state index is 13.4. The van der Waals surface area contributed by atoms with Crippen molar-refractivity contribution in [2.24, 2.45) is 16.7 Å². The maximum Gasteiger partial charge on any atom is 0.338 e. The summed E-state index contributed by atoms with van der Waals surface area (Å²) in [5.41, 5.74) is 2.56. The molecule has 13 nitrogen and oxygen atoms in total. The van der Waals surface area contributed by atoms with Crippen LogP contribution in [0.5, 0.6) is 17.2 Å². The second-order valence-corrected chi connectivity index (χ2v) is 14.2. The van der Waals surface area contributed by atoms with Gasteiger partial charge in [-0.15, -0.1) is 0 Å². The number of phenols is 1. The highest BCUT2D eigenvalue weighted by Gasteiger charge is 2.57. The van der Waals surface area contributed by atoms with E-state index in [1.807, 2.05) is 0 Å². The average Bonchev–Trinajstić information content (AvgIpc) is 3.35. The van der Waals surface area contributed by atoms with Gasteiger partial charge in [0.1, 0.15) is 30.5 Å². The first-order chi connectivity index (χ1) is 22.8. The van der Waals surface area contributed by atoms with Gasteiger partial charge in [0.05, 0.1) is 33.0 Å². The Morgan fingerprint density at radius 3 is 2.40 bits per heavy atom. The summed E-state index contributed by atoms with van der Waals surface area (Å²) in [6, 6.07) is 2.51. The molecule has 0 unspecified atom stereocenters. The van der Waals surface area contributed by atoms with Crippen LogP contribution in [0.2, 0.25) is 0 Å². The second-order valence-electron chi connectivity index (χ2n) is 14.2. The number of phenolic OH excluding ortho intramolecular Hbond substituents is 1. The molecule has 0 amide bonds. The molecule has 5 aliphatic rings. The van der Waals surface area contributed by atoms with Crippen LogP contribution in [0, 0.1) is 16.7 Å². The number of hydrogen-bond donors (Lipinski definition) is 5. The predicted molar refractivity (Wildman–Crippen MR) is 167 cm³/mol. The molecule has 13 heteroatoms. The van der Waals surface area contributed by atoms with Crippen LogP contribution in [0.3, 0.4) is 0 Å². The summed E-state index contributed by atoms with van der Waals surface area (Å²) < 4.78 is 33.9. The van der Waals surface area contributed by atoms with E-state index in [1.165, 1.54) is 26.4 Å². The molecule has 0 radical (unpaired) electrons. The highest BCUT2D eigenvalue weighted by atomic mass is 16.7. The second kappa shape index (κ2) is 12.9. The normalized spacial score (nSPS) is 37.7. The lowest BCUT2D eigenvalue weighted by atomic mass is 9.48. The van der Waals surface area contributed by atoms with Crippen molar-refractivity contribution < 1.29 is 63.5 Å². The van der Waals surface area contributed by atoms with E-state index in [-0.39, 0.29) is 46.7 Å². The first kappa shape index (κ1) is 34.7. The van der Waals surface area contributed by atoms with Gasteiger partial charge in [-0.25, -0.2) is 9.59 Å². The molecule has 1 aromatic carbocycles. The van der Waals surface area contributed by atoms with E-state index in [0.29, 0.717) is 24.0 Å². The molecule has 2 heterocycles. The van der Waals surface area contributed by atoms with Gasteiger partial charge in [0.25, 0.3) is 0 Å². The molecular formula is C35H46O13. The summed E-state index contributed by atoms with van der Waals surface area (Å²) >= 11 is 0. The monoisotopic (exact) mass is 674 g/mol. The number of carbonyl (C=O) groups excluding carboxylic acids is 2. The zero-order valence-corrected chi connectivity index (χ0v) is 27.9. The third-order valence-electron chi connectivity index (χ3n) is 11.5. The largest absolute Gasteiger partial charge is 0.502 e. The number of rotatable bonds is 8. The Kier molecular flexibility index (Phi) is 9.33. The zero-order chi connectivity index (χ0) is 34.7. The van der Waals surface area contributed by atoms with E-state index in [9.17, 15) is 35.1 Å². The van der Waals surface area contributed by atoms with Gasteiger partial charge in [-0.05, 0) is 67.1 Å². The van der Waals surface area contributed by atoms with Crippen molar-refractivity contribution >= 4 is 11.9 Å². The van der Waals surface area contributed by atoms with Crippen LogP contribution < -0.4 is 9.47 Å². The molecule has 2 aliphatic heterocycles. The minimum Gasteiger partial charge on any atom is -0.502 e. The van der Waals surface area contributed by atoms with Crippen LogP contribution in [-0.4, -0.2) is 108 Å². The number of carbonyl (C=O) groups is 2. The molecule has 0 spiro atoms. The molecule has 0 aromatic heterocycles. The van der Waals surface area contributed by atoms with Crippen LogP contribution in [-0.2, 0) is 23.7 Å². The third-order valence-corrected chi connectivity index (χ3v) is 11.5. The molecule has 5 N–H and O–H groups in total. The Labute approximate surface area is 279 Å². The molecular weight excluding hydrogens is 628 g/mol. The Bertz CT molecular complexity index is 1490. The van der Waals surface area contributed by atoms with E-state index in [4.69, 9.17) is 28.4 Å². The molecule has 1 aromatic rings. The lowest BCUT2D eigenvalue weighted by Gasteiger charge is -2.58. The van der Waals surface area contributed by atoms with E-state index < -0.39 is 60.9 Å². The van der Waals surface area contributed by atoms with Gasteiger partial charge in [0.2, 0.25) is 5.75 Å². The van der Waals surface area contributed by atoms with Gasteiger partial charge in [-0.2, -0.15) is 0 Å². The van der Waals surface area contributed by atoms with Gasteiger partial charge in [0, 0.05) is 17.6 Å². The fourth-order valence-corrected chi connectivity index (χ4v) is 9.00. The summed E-state index contributed by atoms with van der Waals surface area (Å²) in [6.45, 7) is 5.62. The highest BCUT2D eigenvalue weighted by Crippen LogP contribution is 2.63. The fourth-order valence-electron chi connectivity index (χ4n) is 9.00. The first-order valence-corrected chi connectivity index (χ1v) is 16.5. The van der Waals surface area contributed by atoms with Crippen molar-refractivity contribution in [1.29, 1.82) is 0 Å². The van der Waals surface area contributed by atoms with Crippen LogP contribution in [0.25, 0.3) is 0 Å². The number of esters is 2. The quantitative estimate of drug-likeness (QED) is 0.200. The molecule has 2 fully saturated rings. The van der Waals surface area contributed by atoms with Crippen molar-refractivity contribution in [2.45, 2.75) is 102 Å². The Hall–Kier alpha value is -3.20. The Morgan fingerprint density at radius 2 is 1.75 bits per heavy atom. The zero-order valence-electron chi connectivity index (χ0n) is 27.9. The first-order valence-electron chi connectivity index (χ1n) is 16.5. The van der Waals surface area contributed by atoms with Crippen molar-refractivity contribution in [3.8, 4) is 17.2 Å². The number of methoxy groups -OCH3 is 2. The summed E-state index contributed by atoms with van der Waals surface area (Å²) in [5.74, 6) is -1.55. The van der Waals surface area contributed by atoms with Gasteiger partial charge < -0.3 is 54.0 Å². The number of benzene rings is 1. The number of fused-ring (bicyclic) bond motifs is 3. The molecule has 1 saturated carbocycles. The summed E-state index contributed by atoms with van der Waals surface area (Å²) in [5, 5.41) is 53.3. The van der Waals surface area contributed by atoms with Crippen molar-refractivity contribution in [2.75, 3.05) is 27.4 Å². The predicted octanol–water partition coefficient (Wildman–Crippen LogP) is 2.30. The van der Waals surface area contributed by atoms with Crippen molar-refractivity contribution in [3.63, 3.8) is 0 Å². The molecule has 10 atom stereocenters. The van der Waals surface area contributed by atoms with Gasteiger partial charge >= 0.3 is 11.9 Å². The van der Waals surface area contributed by atoms with E-state index >= 15 is 0 Å². The van der Waals surface area contributed by atoms with Crippen molar-refractivity contribution in [1.82, 2.24) is 0 Å². The van der Waals surface area contributed by atoms with Crippen LogP contribution in [0.1, 0.15) is 69.7 Å². The Balaban J connectivity index is 1.24. The minimum absolute atomic E-state index is 0.0343. The maximum absolute atomic E-state index is 13.4. The SMILES string of the molecule is COc1cc(C(=O)O[C@H]2[C@@H](OC[C@@]3(C)CCC[C@]4(C)C5=C(CC[C@@H]34)[C@H](O)C3=C(C)C(=O)O[C@H]3C5)O[C@H](CO)[C@@H](O)[C@H]2O)cc(OC)c1O. The van der Waals surface area contributed by atoms with Crippen LogP contribution in [0.4, 0.5) is 0 Å².